The van der Waals surface area contributed by atoms with Gasteiger partial charge < -0.3 is 5.73 Å². The third-order valence-electron chi connectivity index (χ3n) is 2.60. The Morgan fingerprint density at radius 3 is 2.21 bits per heavy atom. The van der Waals surface area contributed by atoms with Crippen molar-refractivity contribution in [2.45, 2.75) is 59.3 Å². The van der Waals surface area contributed by atoms with E-state index in [1.807, 2.05) is 32.9 Å². The molecule has 1 aliphatic rings. The van der Waals surface area contributed by atoms with Gasteiger partial charge >= 0.3 is 0 Å². The van der Waals surface area contributed by atoms with Crippen molar-refractivity contribution < 1.29 is 4.79 Å². The van der Waals surface area contributed by atoms with Gasteiger partial charge in [-0.05, 0) is 19.8 Å². The Balaban J connectivity index is 0. The van der Waals surface area contributed by atoms with Crippen LogP contribution in [0, 0.1) is 18.3 Å². The predicted octanol–water partition coefficient (Wildman–Crippen LogP) is 4.22. The zero-order chi connectivity index (χ0) is 14.9. The summed E-state index contributed by atoms with van der Waals surface area (Å²) in [6.45, 7) is 5.91. The fourth-order valence-corrected chi connectivity index (χ4v) is 1.64. The van der Waals surface area contributed by atoms with Gasteiger partial charge in [0.2, 0.25) is 5.91 Å². The van der Waals surface area contributed by atoms with Crippen LogP contribution in [0.5, 0.6) is 0 Å². The zero-order valence-electron chi connectivity index (χ0n) is 12.7. The summed E-state index contributed by atoms with van der Waals surface area (Å²) in [5.74, 6) is 3.12. The van der Waals surface area contributed by atoms with Crippen molar-refractivity contribution in [2.24, 2.45) is 11.7 Å². The van der Waals surface area contributed by atoms with Crippen LogP contribution < -0.4 is 5.73 Å². The average molecular weight is 263 g/mol. The molecule has 0 saturated heterocycles. The number of hydrogen-bond donors (Lipinski definition) is 1. The van der Waals surface area contributed by atoms with Gasteiger partial charge in [0.05, 0.1) is 0 Å². The number of allylic oxidation sites excluding steroid dienone is 3. The number of hydrogen-bond acceptors (Lipinski definition) is 1. The lowest BCUT2D eigenvalue weighted by Gasteiger charge is -2.14. The summed E-state index contributed by atoms with van der Waals surface area (Å²) in [6.07, 6.45) is 19.5. The molecule has 0 atom stereocenters. The van der Waals surface area contributed by atoms with E-state index in [1.165, 1.54) is 32.1 Å². The van der Waals surface area contributed by atoms with E-state index in [-0.39, 0.29) is 5.91 Å². The van der Waals surface area contributed by atoms with E-state index in [9.17, 15) is 4.79 Å². The molecule has 1 aliphatic carbocycles. The molecule has 2 heteroatoms. The molecular formula is C17H29NO. The van der Waals surface area contributed by atoms with E-state index in [0.29, 0.717) is 12.3 Å². The number of primary amides is 1. The molecule has 0 aromatic carbocycles. The number of carbonyl (C=O) groups excluding carboxylic acids is 1. The molecular weight excluding hydrogens is 234 g/mol. The first kappa shape index (κ1) is 19.8. The fourth-order valence-electron chi connectivity index (χ4n) is 1.64. The highest BCUT2D eigenvalue weighted by molar-refractivity contribution is 5.75. The number of nitrogens with two attached hydrogens (primary N) is 1. The van der Waals surface area contributed by atoms with E-state index in [0.717, 1.165) is 0 Å². The van der Waals surface area contributed by atoms with Crippen molar-refractivity contribution in [1.82, 2.24) is 0 Å². The van der Waals surface area contributed by atoms with Crippen molar-refractivity contribution in [3.05, 3.63) is 24.3 Å². The van der Waals surface area contributed by atoms with Crippen LogP contribution >= 0.6 is 0 Å². The van der Waals surface area contributed by atoms with Crippen LogP contribution in [0.4, 0.5) is 0 Å². The second kappa shape index (κ2) is 16.5. The third kappa shape index (κ3) is 16.5. The summed E-state index contributed by atoms with van der Waals surface area (Å²) in [7, 11) is 0. The SMILES string of the molecule is C#CC1CCCCC1.C/C=C\C=C\CC(N)=O.CC. The Bertz CT molecular complexity index is 291. The molecule has 19 heavy (non-hydrogen) atoms. The summed E-state index contributed by atoms with van der Waals surface area (Å²) >= 11 is 0. The molecule has 2 N–H and O–H groups in total. The van der Waals surface area contributed by atoms with Gasteiger partial charge in [-0.1, -0.05) is 57.4 Å². The lowest BCUT2D eigenvalue weighted by Crippen LogP contribution is -2.07. The summed E-state index contributed by atoms with van der Waals surface area (Å²) in [4.78, 5) is 10.1. The van der Waals surface area contributed by atoms with Crippen molar-refractivity contribution in [1.29, 1.82) is 0 Å². The smallest absolute Gasteiger partial charge is 0.221 e. The van der Waals surface area contributed by atoms with Gasteiger partial charge in [0.25, 0.3) is 0 Å². The Morgan fingerprint density at radius 2 is 1.84 bits per heavy atom. The quantitative estimate of drug-likeness (QED) is 0.601. The van der Waals surface area contributed by atoms with Crippen molar-refractivity contribution in [3.8, 4) is 12.3 Å². The Morgan fingerprint density at radius 1 is 1.26 bits per heavy atom. The van der Waals surface area contributed by atoms with Crippen LogP contribution in [0.25, 0.3) is 0 Å². The number of amides is 1. The van der Waals surface area contributed by atoms with Crippen LogP contribution in [0.3, 0.4) is 0 Å². The van der Waals surface area contributed by atoms with E-state index in [4.69, 9.17) is 12.2 Å². The van der Waals surface area contributed by atoms with Crippen LogP contribution in [0.15, 0.2) is 24.3 Å². The monoisotopic (exact) mass is 263 g/mol. The molecule has 108 valence electrons. The van der Waals surface area contributed by atoms with Gasteiger partial charge in [0.1, 0.15) is 0 Å². The molecule has 0 aliphatic heterocycles. The Kier molecular flexibility index (Phi) is 17.2. The largest absolute Gasteiger partial charge is 0.369 e. The minimum atomic E-state index is -0.296. The lowest BCUT2D eigenvalue weighted by atomic mass is 9.90. The molecule has 0 spiro atoms. The highest BCUT2D eigenvalue weighted by atomic mass is 16.1. The predicted molar refractivity (Wildman–Crippen MR) is 84.5 cm³/mol. The first-order valence-electron chi connectivity index (χ1n) is 7.23. The minimum Gasteiger partial charge on any atom is -0.369 e. The Hall–Kier alpha value is -1.49. The molecule has 1 amide bonds. The maximum absolute atomic E-state index is 10.1. The highest BCUT2D eigenvalue weighted by Crippen LogP contribution is 2.22. The van der Waals surface area contributed by atoms with Gasteiger partial charge in [-0.3, -0.25) is 4.79 Å². The zero-order valence-corrected chi connectivity index (χ0v) is 12.7. The summed E-state index contributed by atoms with van der Waals surface area (Å²) in [5.41, 5.74) is 4.86. The number of rotatable bonds is 3. The van der Waals surface area contributed by atoms with E-state index in [2.05, 4.69) is 5.92 Å². The first-order valence-corrected chi connectivity index (χ1v) is 7.23. The van der Waals surface area contributed by atoms with Crippen LogP contribution in [0.1, 0.15) is 59.3 Å². The molecule has 0 radical (unpaired) electrons. The van der Waals surface area contributed by atoms with E-state index in [1.54, 1.807) is 12.2 Å². The summed E-state index contributed by atoms with van der Waals surface area (Å²) in [6, 6.07) is 0. The van der Waals surface area contributed by atoms with Crippen LogP contribution in [-0.4, -0.2) is 5.91 Å². The molecule has 0 bridgehead atoms. The third-order valence-corrected chi connectivity index (χ3v) is 2.60. The maximum atomic E-state index is 10.1. The standard InChI is InChI=1S/C8H12.C7H11NO.C2H6/c1-2-8-6-4-3-5-7-8;1-2-3-4-5-6-7(8)9;1-2/h1,8H,3-7H2;2-5H,6H2,1H3,(H2,8,9);1-2H3/b;3-2-,5-4+;. The molecule has 0 aromatic rings. The summed E-state index contributed by atoms with van der Waals surface area (Å²) in [5, 5.41) is 0. The molecule has 0 heterocycles. The Labute approximate surface area is 119 Å². The van der Waals surface area contributed by atoms with E-state index >= 15 is 0 Å². The van der Waals surface area contributed by atoms with Gasteiger partial charge in [0.15, 0.2) is 0 Å². The number of terminal acetylenes is 1. The molecule has 1 saturated carbocycles. The van der Waals surface area contributed by atoms with E-state index < -0.39 is 0 Å². The molecule has 2 nitrogen and oxygen atoms in total. The lowest BCUT2D eigenvalue weighted by molar-refractivity contribution is -0.117. The molecule has 0 aromatic heterocycles. The van der Waals surface area contributed by atoms with Gasteiger partial charge in [0, 0.05) is 12.3 Å². The average Bonchev–Trinajstić information content (AvgIpc) is 2.47. The molecule has 0 unspecified atom stereocenters. The first-order chi connectivity index (χ1) is 9.20. The van der Waals surface area contributed by atoms with Gasteiger partial charge in [-0.2, -0.15) is 0 Å². The molecule has 1 rings (SSSR count). The van der Waals surface area contributed by atoms with Crippen molar-refractivity contribution >= 4 is 5.91 Å². The van der Waals surface area contributed by atoms with Gasteiger partial charge in [-0.15, -0.1) is 12.3 Å². The highest BCUT2D eigenvalue weighted by Gasteiger charge is 2.08. The van der Waals surface area contributed by atoms with Crippen molar-refractivity contribution in [3.63, 3.8) is 0 Å². The molecule has 1 fully saturated rings. The maximum Gasteiger partial charge on any atom is 0.221 e. The summed E-state index contributed by atoms with van der Waals surface area (Å²) < 4.78 is 0. The van der Waals surface area contributed by atoms with Crippen molar-refractivity contribution in [2.75, 3.05) is 0 Å². The second-order valence-electron chi connectivity index (χ2n) is 4.13. The van der Waals surface area contributed by atoms with Crippen LogP contribution in [0.2, 0.25) is 0 Å². The second-order valence-corrected chi connectivity index (χ2v) is 4.13. The van der Waals surface area contributed by atoms with Crippen LogP contribution in [-0.2, 0) is 4.79 Å². The normalized spacial score (nSPS) is 15.1. The minimum absolute atomic E-state index is 0.296. The number of carbonyl (C=O) groups is 1. The topological polar surface area (TPSA) is 43.1 Å². The van der Waals surface area contributed by atoms with Gasteiger partial charge in [-0.25, -0.2) is 0 Å². The fraction of sp³-hybridized carbons (Fsp3) is 0.588.